The Kier molecular flexibility index (Phi) is 4.56. The Morgan fingerprint density at radius 1 is 0.667 bits per heavy atom. The maximum Gasteiger partial charge on any atom is 0.201 e. The second kappa shape index (κ2) is 6.76. The quantitative estimate of drug-likeness (QED) is 0.511. The Hall–Kier alpha value is -3.02. The molecule has 2 aromatic carbocycles. The van der Waals surface area contributed by atoms with E-state index in [1.807, 2.05) is 0 Å². The topological polar surface area (TPSA) is 87.7 Å². The monoisotopic (exact) mass is 404 g/mol. The van der Waals surface area contributed by atoms with E-state index in [4.69, 9.17) is 11.5 Å². The standard InChI is InChI=1S/C24H32N6/c1-23(2,3)15-8-10-19-18(13-15)28-22(26)29(19)11-12-30-20-14-16(24(4,5)6)7-9-17(20)27-21(30)25/h7-10,13-14H,11-12H2,1-6H3,(H2,25,27)(H2,26,28). The summed E-state index contributed by atoms with van der Waals surface area (Å²) in [7, 11) is 0. The molecule has 0 aliphatic rings. The number of rotatable bonds is 3. The molecule has 2 aromatic heterocycles. The third-order valence-electron chi connectivity index (χ3n) is 5.83. The molecular weight excluding hydrogens is 372 g/mol. The molecule has 30 heavy (non-hydrogen) atoms. The van der Waals surface area contributed by atoms with Crippen LogP contribution in [0, 0.1) is 0 Å². The number of aryl methyl sites for hydroxylation is 2. The predicted octanol–water partition coefficient (Wildman–Crippen LogP) is 4.85. The summed E-state index contributed by atoms with van der Waals surface area (Å²) in [5.74, 6) is 1.04. The summed E-state index contributed by atoms with van der Waals surface area (Å²) in [5.41, 5.74) is 19.1. The zero-order valence-electron chi connectivity index (χ0n) is 18.8. The predicted molar refractivity (Wildman–Crippen MR) is 126 cm³/mol. The van der Waals surface area contributed by atoms with E-state index in [-0.39, 0.29) is 10.8 Å². The second-order valence-electron chi connectivity index (χ2n) is 10.2. The molecule has 0 radical (unpaired) electrons. The van der Waals surface area contributed by atoms with Crippen LogP contribution in [0.15, 0.2) is 36.4 Å². The van der Waals surface area contributed by atoms with Crippen LogP contribution in [-0.2, 0) is 23.9 Å². The minimum absolute atomic E-state index is 0.0633. The molecule has 0 spiro atoms. The summed E-state index contributed by atoms with van der Waals surface area (Å²) in [4.78, 5) is 9.15. The van der Waals surface area contributed by atoms with Crippen molar-refractivity contribution in [3.63, 3.8) is 0 Å². The van der Waals surface area contributed by atoms with Crippen LogP contribution >= 0.6 is 0 Å². The first-order chi connectivity index (χ1) is 13.9. The third-order valence-corrected chi connectivity index (χ3v) is 5.83. The van der Waals surface area contributed by atoms with E-state index in [9.17, 15) is 0 Å². The van der Waals surface area contributed by atoms with Gasteiger partial charge >= 0.3 is 0 Å². The number of fused-ring (bicyclic) bond motifs is 2. The summed E-state index contributed by atoms with van der Waals surface area (Å²) >= 11 is 0. The lowest BCUT2D eigenvalue weighted by molar-refractivity contribution is 0.588. The second-order valence-corrected chi connectivity index (χ2v) is 10.2. The van der Waals surface area contributed by atoms with Gasteiger partial charge in [0.05, 0.1) is 22.1 Å². The van der Waals surface area contributed by atoms with Gasteiger partial charge < -0.3 is 20.6 Å². The highest BCUT2D eigenvalue weighted by Gasteiger charge is 2.18. The van der Waals surface area contributed by atoms with Crippen LogP contribution in [-0.4, -0.2) is 19.1 Å². The molecule has 6 nitrogen and oxygen atoms in total. The number of nitrogen functional groups attached to an aromatic ring is 2. The maximum absolute atomic E-state index is 6.28. The molecule has 0 bridgehead atoms. The maximum atomic E-state index is 6.28. The normalized spacial score (nSPS) is 12.9. The van der Waals surface area contributed by atoms with Crippen molar-refractivity contribution in [2.24, 2.45) is 0 Å². The minimum Gasteiger partial charge on any atom is -0.369 e. The number of benzene rings is 2. The van der Waals surface area contributed by atoms with Crippen molar-refractivity contribution in [2.75, 3.05) is 11.5 Å². The average Bonchev–Trinajstić information content (AvgIpc) is 3.12. The lowest BCUT2D eigenvalue weighted by atomic mass is 9.87. The van der Waals surface area contributed by atoms with E-state index in [1.165, 1.54) is 11.1 Å². The molecule has 0 fully saturated rings. The summed E-state index contributed by atoms with van der Waals surface area (Å²) in [6.45, 7) is 14.6. The molecule has 4 aromatic rings. The van der Waals surface area contributed by atoms with Gasteiger partial charge in [0, 0.05) is 13.1 Å². The highest BCUT2D eigenvalue weighted by Crippen LogP contribution is 2.29. The number of hydrogen-bond donors (Lipinski definition) is 2. The zero-order valence-corrected chi connectivity index (χ0v) is 18.8. The van der Waals surface area contributed by atoms with Crippen LogP contribution in [0.4, 0.5) is 11.9 Å². The molecule has 2 heterocycles. The van der Waals surface area contributed by atoms with Crippen molar-refractivity contribution in [1.82, 2.24) is 19.1 Å². The molecule has 0 atom stereocenters. The highest BCUT2D eigenvalue weighted by atomic mass is 15.2. The summed E-state index contributed by atoms with van der Waals surface area (Å²) in [6, 6.07) is 12.8. The number of hydrogen-bond acceptors (Lipinski definition) is 4. The van der Waals surface area contributed by atoms with Gasteiger partial charge in [0.15, 0.2) is 0 Å². The van der Waals surface area contributed by atoms with Crippen LogP contribution < -0.4 is 11.5 Å². The van der Waals surface area contributed by atoms with Gasteiger partial charge in [-0.2, -0.15) is 0 Å². The average molecular weight is 405 g/mol. The molecule has 0 saturated heterocycles. The SMILES string of the molecule is CC(C)(C)c1ccc2c(c1)nc(N)n2CCn1c(N)nc2ccc(C(C)(C)C)cc21. The molecule has 0 saturated carbocycles. The van der Waals surface area contributed by atoms with Gasteiger partial charge in [-0.1, -0.05) is 53.7 Å². The van der Waals surface area contributed by atoms with Crippen molar-refractivity contribution in [1.29, 1.82) is 0 Å². The van der Waals surface area contributed by atoms with E-state index >= 15 is 0 Å². The van der Waals surface area contributed by atoms with Crippen molar-refractivity contribution < 1.29 is 0 Å². The minimum atomic E-state index is 0.0633. The van der Waals surface area contributed by atoms with Crippen LogP contribution in [0.1, 0.15) is 52.7 Å². The molecule has 4 rings (SSSR count). The van der Waals surface area contributed by atoms with E-state index < -0.39 is 0 Å². The van der Waals surface area contributed by atoms with Gasteiger partial charge in [-0.15, -0.1) is 0 Å². The zero-order chi connectivity index (χ0) is 21.8. The van der Waals surface area contributed by atoms with Gasteiger partial charge in [0.2, 0.25) is 11.9 Å². The summed E-state index contributed by atoms with van der Waals surface area (Å²) in [6.07, 6.45) is 0. The Balaban J connectivity index is 1.70. The third kappa shape index (κ3) is 3.51. The Labute approximate surface area is 177 Å². The van der Waals surface area contributed by atoms with Crippen molar-refractivity contribution >= 4 is 34.0 Å². The number of anilines is 2. The smallest absolute Gasteiger partial charge is 0.201 e. The van der Waals surface area contributed by atoms with Gasteiger partial charge in [0.25, 0.3) is 0 Å². The first-order valence-corrected chi connectivity index (χ1v) is 10.5. The molecule has 0 aliphatic heterocycles. The van der Waals surface area contributed by atoms with E-state index in [1.54, 1.807) is 0 Å². The summed E-state index contributed by atoms with van der Waals surface area (Å²) < 4.78 is 4.13. The van der Waals surface area contributed by atoms with Crippen LogP contribution in [0.25, 0.3) is 22.1 Å². The molecule has 4 N–H and O–H groups in total. The van der Waals surface area contributed by atoms with E-state index in [0.29, 0.717) is 25.0 Å². The van der Waals surface area contributed by atoms with E-state index in [0.717, 1.165) is 22.1 Å². The fourth-order valence-electron chi connectivity index (χ4n) is 3.89. The number of nitrogens with zero attached hydrogens (tertiary/aromatic N) is 4. The Bertz CT molecular complexity index is 1230. The van der Waals surface area contributed by atoms with Gasteiger partial charge in [-0.3, -0.25) is 0 Å². The fraction of sp³-hybridized carbons (Fsp3) is 0.417. The lowest BCUT2D eigenvalue weighted by Crippen LogP contribution is -2.13. The summed E-state index contributed by atoms with van der Waals surface area (Å²) in [5, 5.41) is 0. The number of aromatic nitrogens is 4. The van der Waals surface area contributed by atoms with E-state index in [2.05, 4.69) is 97.0 Å². The van der Waals surface area contributed by atoms with Gasteiger partial charge in [-0.25, -0.2) is 9.97 Å². The van der Waals surface area contributed by atoms with Crippen molar-refractivity contribution in [3.8, 4) is 0 Å². The van der Waals surface area contributed by atoms with Crippen LogP contribution in [0.3, 0.4) is 0 Å². The van der Waals surface area contributed by atoms with Crippen molar-refractivity contribution in [2.45, 2.75) is 65.5 Å². The highest BCUT2D eigenvalue weighted by molar-refractivity contribution is 5.80. The molecule has 158 valence electrons. The molecule has 6 heteroatoms. The molecular formula is C24H32N6. The first kappa shape index (κ1) is 20.3. The molecule has 0 unspecified atom stereocenters. The molecule has 0 aliphatic carbocycles. The van der Waals surface area contributed by atoms with Crippen LogP contribution in [0.2, 0.25) is 0 Å². The Morgan fingerprint density at radius 3 is 1.77 bits per heavy atom. The number of imidazole rings is 2. The molecule has 0 amide bonds. The lowest BCUT2D eigenvalue weighted by Gasteiger charge is -2.19. The van der Waals surface area contributed by atoms with Crippen LogP contribution in [0.5, 0.6) is 0 Å². The van der Waals surface area contributed by atoms with Crippen molar-refractivity contribution in [3.05, 3.63) is 47.5 Å². The Morgan fingerprint density at radius 2 is 1.17 bits per heavy atom. The van der Waals surface area contributed by atoms with Gasteiger partial charge in [-0.05, 0) is 46.2 Å². The fourth-order valence-corrected chi connectivity index (χ4v) is 3.89. The largest absolute Gasteiger partial charge is 0.369 e. The number of nitrogens with two attached hydrogens (primary N) is 2. The first-order valence-electron chi connectivity index (χ1n) is 10.5. The van der Waals surface area contributed by atoms with Gasteiger partial charge in [0.1, 0.15) is 0 Å².